The second-order valence-electron chi connectivity index (χ2n) is 9.43. The first-order valence-corrected chi connectivity index (χ1v) is 14.3. The zero-order chi connectivity index (χ0) is 28.1. The van der Waals surface area contributed by atoms with E-state index in [0.717, 1.165) is 25.7 Å². The maximum Gasteiger partial charge on any atom is 0.267 e. The average Bonchev–Trinajstić information content (AvgIpc) is 3.37. The molecule has 2 aliphatic heterocycles. The van der Waals surface area contributed by atoms with Gasteiger partial charge < -0.3 is 14.8 Å². The predicted molar refractivity (Wildman–Crippen MR) is 159 cm³/mol. The van der Waals surface area contributed by atoms with E-state index in [1.165, 1.54) is 23.8 Å². The fraction of sp³-hybridized carbons (Fsp3) is 0.379. The number of benzene rings is 2. The van der Waals surface area contributed by atoms with Gasteiger partial charge in [-0.05, 0) is 30.5 Å². The second kappa shape index (κ2) is 12.7. The average molecular weight is 568 g/mol. The summed E-state index contributed by atoms with van der Waals surface area (Å²) >= 11 is 6.75. The lowest BCUT2D eigenvalue weighted by Gasteiger charge is -2.21. The Labute approximate surface area is 238 Å². The first-order valence-electron chi connectivity index (χ1n) is 13.0. The van der Waals surface area contributed by atoms with Gasteiger partial charge in [-0.2, -0.15) is 0 Å². The van der Waals surface area contributed by atoms with Gasteiger partial charge in [0, 0.05) is 18.2 Å². The molecular weight excluding hydrogens is 534 g/mol. The Morgan fingerprint density at radius 2 is 1.82 bits per heavy atom. The van der Waals surface area contributed by atoms with E-state index in [-0.39, 0.29) is 12.5 Å². The molecule has 0 radical (unpaired) electrons. The molecule has 2 aliphatic rings. The molecule has 8 nitrogen and oxygen atoms in total. The lowest BCUT2D eigenvalue weighted by molar-refractivity contribution is -0.123. The van der Waals surface area contributed by atoms with Crippen LogP contribution in [-0.4, -0.2) is 54.3 Å². The van der Waals surface area contributed by atoms with Crippen molar-refractivity contribution in [1.82, 2.24) is 4.90 Å². The summed E-state index contributed by atoms with van der Waals surface area (Å²) in [5, 5.41) is 2.81. The SMILES string of the molecule is CCCCC(CC)CN1C(=O)C(=C2C(=O)N(CC(=O)Nc3ccc(OC)cc3OC)c3ccccc32)SC1=S. The van der Waals surface area contributed by atoms with Crippen molar-refractivity contribution in [3.8, 4) is 11.5 Å². The molecule has 206 valence electrons. The number of ether oxygens (including phenoxy) is 2. The molecule has 1 N–H and O–H groups in total. The number of anilines is 2. The Morgan fingerprint density at radius 1 is 1.05 bits per heavy atom. The zero-order valence-corrected chi connectivity index (χ0v) is 24.2. The van der Waals surface area contributed by atoms with Crippen molar-refractivity contribution in [2.24, 2.45) is 5.92 Å². The third-order valence-electron chi connectivity index (χ3n) is 6.97. The number of methoxy groups -OCH3 is 2. The number of hydrogen-bond acceptors (Lipinski definition) is 7. The smallest absolute Gasteiger partial charge is 0.267 e. The van der Waals surface area contributed by atoms with Crippen molar-refractivity contribution in [2.45, 2.75) is 39.5 Å². The third-order valence-corrected chi connectivity index (χ3v) is 8.42. The summed E-state index contributed by atoms with van der Waals surface area (Å²) in [5.74, 6) is 0.324. The molecule has 2 heterocycles. The lowest BCUT2D eigenvalue weighted by atomic mass is 9.98. The number of nitrogens with one attached hydrogen (secondary N) is 1. The molecule has 0 aromatic heterocycles. The zero-order valence-electron chi connectivity index (χ0n) is 22.6. The Morgan fingerprint density at radius 3 is 2.51 bits per heavy atom. The van der Waals surface area contributed by atoms with Crippen LogP contribution in [0.3, 0.4) is 0 Å². The molecule has 0 aliphatic carbocycles. The van der Waals surface area contributed by atoms with E-state index in [4.69, 9.17) is 21.7 Å². The fourth-order valence-electron chi connectivity index (χ4n) is 4.77. The first kappa shape index (κ1) is 28.6. The number of fused-ring (bicyclic) bond motifs is 1. The molecule has 39 heavy (non-hydrogen) atoms. The van der Waals surface area contributed by atoms with Gasteiger partial charge in [0.05, 0.1) is 36.1 Å². The Balaban J connectivity index is 1.58. The van der Waals surface area contributed by atoms with Crippen molar-refractivity contribution in [3.63, 3.8) is 0 Å². The van der Waals surface area contributed by atoms with E-state index in [1.807, 2.05) is 6.07 Å². The number of amides is 3. The quantitative estimate of drug-likeness (QED) is 0.284. The van der Waals surface area contributed by atoms with Crippen LogP contribution < -0.4 is 19.7 Å². The number of unbranched alkanes of at least 4 members (excludes halogenated alkanes) is 1. The van der Waals surface area contributed by atoms with Crippen LogP contribution >= 0.6 is 24.0 Å². The van der Waals surface area contributed by atoms with Crippen LogP contribution in [0.15, 0.2) is 47.4 Å². The van der Waals surface area contributed by atoms with Crippen LogP contribution in [0.25, 0.3) is 5.57 Å². The van der Waals surface area contributed by atoms with Gasteiger partial charge in [-0.3, -0.25) is 24.2 Å². The third kappa shape index (κ3) is 5.96. The largest absolute Gasteiger partial charge is 0.497 e. The Bertz CT molecular complexity index is 1330. The molecule has 1 fully saturated rings. The fourth-order valence-corrected chi connectivity index (χ4v) is 6.12. The van der Waals surface area contributed by atoms with Gasteiger partial charge in [-0.25, -0.2) is 0 Å². The molecule has 4 rings (SSSR count). The lowest BCUT2D eigenvalue weighted by Crippen LogP contribution is -2.36. The minimum absolute atomic E-state index is 0.232. The van der Waals surface area contributed by atoms with Gasteiger partial charge in [-0.15, -0.1) is 0 Å². The summed E-state index contributed by atoms with van der Waals surface area (Å²) in [4.78, 5) is 43.7. The summed E-state index contributed by atoms with van der Waals surface area (Å²) in [6.07, 6.45) is 4.17. The van der Waals surface area contributed by atoms with E-state index in [9.17, 15) is 14.4 Å². The number of carbonyl (C=O) groups excluding carboxylic acids is 3. The van der Waals surface area contributed by atoms with Crippen molar-refractivity contribution < 1.29 is 23.9 Å². The number of hydrogen-bond donors (Lipinski definition) is 1. The molecule has 0 bridgehead atoms. The summed E-state index contributed by atoms with van der Waals surface area (Å²) in [7, 11) is 3.04. The van der Waals surface area contributed by atoms with E-state index < -0.39 is 11.8 Å². The van der Waals surface area contributed by atoms with Gasteiger partial charge in [0.25, 0.3) is 11.8 Å². The summed E-state index contributed by atoms with van der Waals surface area (Å²) < 4.78 is 11.0. The summed E-state index contributed by atoms with van der Waals surface area (Å²) in [5.41, 5.74) is 1.95. The van der Waals surface area contributed by atoms with Crippen molar-refractivity contribution in [1.29, 1.82) is 0 Å². The molecule has 1 unspecified atom stereocenters. The van der Waals surface area contributed by atoms with E-state index in [0.29, 0.717) is 55.7 Å². The van der Waals surface area contributed by atoms with Crippen LogP contribution in [0.5, 0.6) is 11.5 Å². The topological polar surface area (TPSA) is 88.2 Å². The normalized spacial score (nSPS) is 17.5. The van der Waals surface area contributed by atoms with Gasteiger partial charge in [0.15, 0.2) is 0 Å². The van der Waals surface area contributed by atoms with E-state index >= 15 is 0 Å². The Hall–Kier alpha value is -3.37. The van der Waals surface area contributed by atoms with E-state index in [1.54, 1.807) is 48.4 Å². The molecule has 0 spiro atoms. The van der Waals surface area contributed by atoms with Crippen molar-refractivity contribution in [2.75, 3.05) is 37.5 Å². The number of carbonyl (C=O) groups is 3. The number of para-hydroxylation sites is 1. The van der Waals surface area contributed by atoms with Crippen LogP contribution in [0.4, 0.5) is 11.4 Å². The molecule has 1 saturated heterocycles. The maximum absolute atomic E-state index is 13.7. The highest BCUT2D eigenvalue weighted by molar-refractivity contribution is 8.26. The monoisotopic (exact) mass is 567 g/mol. The highest BCUT2D eigenvalue weighted by Gasteiger charge is 2.42. The molecule has 10 heteroatoms. The minimum Gasteiger partial charge on any atom is -0.497 e. The highest BCUT2D eigenvalue weighted by atomic mass is 32.2. The minimum atomic E-state index is -0.405. The van der Waals surface area contributed by atoms with E-state index in [2.05, 4.69) is 19.2 Å². The second-order valence-corrected chi connectivity index (χ2v) is 11.1. The van der Waals surface area contributed by atoms with Crippen LogP contribution in [0.2, 0.25) is 0 Å². The number of nitrogens with zero attached hydrogens (tertiary/aromatic N) is 2. The van der Waals surface area contributed by atoms with Gasteiger partial charge in [0.1, 0.15) is 22.4 Å². The predicted octanol–water partition coefficient (Wildman–Crippen LogP) is 5.48. The van der Waals surface area contributed by atoms with Crippen LogP contribution in [-0.2, 0) is 14.4 Å². The maximum atomic E-state index is 13.7. The summed E-state index contributed by atoms with van der Waals surface area (Å²) in [6, 6.07) is 12.2. The van der Waals surface area contributed by atoms with Crippen molar-refractivity contribution >= 4 is 63.0 Å². The number of rotatable bonds is 11. The van der Waals surface area contributed by atoms with Gasteiger partial charge >= 0.3 is 0 Å². The van der Waals surface area contributed by atoms with Crippen molar-refractivity contribution in [3.05, 3.63) is 52.9 Å². The standard InChI is InChI=1S/C29H33N3O5S2/c1-5-7-10-18(6-2)16-32-28(35)26(39-29(32)38)25-20-11-8-9-12-22(20)31(27(25)34)17-24(33)30-21-14-13-19(36-3)15-23(21)37-4/h8-9,11-15,18H,5-7,10,16-17H2,1-4H3,(H,30,33). The Kier molecular flexibility index (Phi) is 9.29. The number of thiocarbonyl (C=S) groups is 1. The molecule has 2 aromatic rings. The number of thioether (sulfide) groups is 1. The van der Waals surface area contributed by atoms with Crippen LogP contribution in [0.1, 0.15) is 45.1 Å². The molecular formula is C29H33N3O5S2. The molecule has 2 aromatic carbocycles. The first-order chi connectivity index (χ1) is 18.8. The van der Waals surface area contributed by atoms with Gasteiger partial charge in [0.2, 0.25) is 5.91 Å². The molecule has 1 atom stereocenters. The highest BCUT2D eigenvalue weighted by Crippen LogP contribution is 2.45. The molecule has 3 amide bonds. The summed E-state index contributed by atoms with van der Waals surface area (Å²) in [6.45, 7) is 4.59. The van der Waals surface area contributed by atoms with Gasteiger partial charge in [-0.1, -0.05) is 75.3 Å². The van der Waals surface area contributed by atoms with Crippen LogP contribution in [0, 0.1) is 5.92 Å². The molecule has 0 saturated carbocycles.